The molecule has 0 fully saturated rings. The molecule has 0 atom stereocenters. The molecule has 0 radical (unpaired) electrons. The summed E-state index contributed by atoms with van der Waals surface area (Å²) < 4.78 is 0. The van der Waals surface area contributed by atoms with Crippen molar-refractivity contribution in [2.24, 2.45) is 0 Å². The second kappa shape index (κ2) is 7.01. The highest BCUT2D eigenvalue weighted by molar-refractivity contribution is 6.27. The largest absolute Gasteiger partial charge is 0.355 e. The van der Waals surface area contributed by atoms with Gasteiger partial charge in [-0.25, -0.2) is 0 Å². The SMILES string of the molecule is Cc1cc(C)cc(NC(=O)CCNC(=O)CCl)c1. The molecule has 1 aromatic carbocycles. The zero-order valence-corrected chi connectivity index (χ0v) is 11.3. The third-order valence-electron chi connectivity index (χ3n) is 2.30. The van der Waals surface area contributed by atoms with Gasteiger partial charge in [0.2, 0.25) is 11.8 Å². The van der Waals surface area contributed by atoms with Gasteiger partial charge in [-0.05, 0) is 37.1 Å². The van der Waals surface area contributed by atoms with Crippen LogP contribution in [0.1, 0.15) is 17.5 Å². The molecule has 5 heteroatoms. The Labute approximate surface area is 112 Å². The average molecular weight is 269 g/mol. The number of carbonyl (C=O) groups excluding carboxylic acids is 2. The van der Waals surface area contributed by atoms with Crippen molar-refractivity contribution in [2.75, 3.05) is 17.7 Å². The van der Waals surface area contributed by atoms with E-state index in [0.717, 1.165) is 16.8 Å². The Hall–Kier alpha value is -1.55. The van der Waals surface area contributed by atoms with Crippen molar-refractivity contribution in [2.45, 2.75) is 20.3 Å². The molecule has 98 valence electrons. The molecule has 0 bridgehead atoms. The highest BCUT2D eigenvalue weighted by Gasteiger charge is 2.04. The van der Waals surface area contributed by atoms with E-state index in [1.165, 1.54) is 0 Å². The van der Waals surface area contributed by atoms with E-state index in [-0.39, 0.29) is 24.1 Å². The van der Waals surface area contributed by atoms with E-state index in [4.69, 9.17) is 11.6 Å². The Balaban J connectivity index is 2.42. The summed E-state index contributed by atoms with van der Waals surface area (Å²) in [5, 5.41) is 5.33. The Bertz CT molecular complexity index is 426. The van der Waals surface area contributed by atoms with Crippen LogP contribution in [-0.2, 0) is 9.59 Å². The van der Waals surface area contributed by atoms with Gasteiger partial charge in [0.15, 0.2) is 0 Å². The first kappa shape index (κ1) is 14.5. The summed E-state index contributed by atoms with van der Waals surface area (Å²) in [6.45, 7) is 4.24. The molecule has 0 saturated carbocycles. The average Bonchev–Trinajstić information content (AvgIpc) is 2.27. The van der Waals surface area contributed by atoms with Crippen molar-refractivity contribution in [1.29, 1.82) is 0 Å². The predicted molar refractivity (Wildman–Crippen MR) is 72.9 cm³/mol. The molecule has 0 aromatic heterocycles. The molecule has 0 spiro atoms. The van der Waals surface area contributed by atoms with E-state index in [9.17, 15) is 9.59 Å². The number of nitrogens with one attached hydrogen (secondary N) is 2. The highest BCUT2D eigenvalue weighted by atomic mass is 35.5. The van der Waals surface area contributed by atoms with Gasteiger partial charge < -0.3 is 10.6 Å². The minimum Gasteiger partial charge on any atom is -0.355 e. The van der Waals surface area contributed by atoms with Crippen LogP contribution in [-0.4, -0.2) is 24.2 Å². The summed E-state index contributed by atoms with van der Waals surface area (Å²) in [4.78, 5) is 22.5. The first-order valence-corrected chi connectivity index (χ1v) is 6.25. The van der Waals surface area contributed by atoms with Gasteiger partial charge in [-0.2, -0.15) is 0 Å². The van der Waals surface area contributed by atoms with Gasteiger partial charge in [0, 0.05) is 18.7 Å². The van der Waals surface area contributed by atoms with Gasteiger partial charge in [-0.3, -0.25) is 9.59 Å². The van der Waals surface area contributed by atoms with Gasteiger partial charge in [-0.1, -0.05) is 6.07 Å². The second-order valence-electron chi connectivity index (χ2n) is 4.16. The molecular formula is C13H17ClN2O2. The summed E-state index contributed by atoms with van der Waals surface area (Å²) in [7, 11) is 0. The van der Waals surface area contributed by atoms with Crippen LogP contribution in [0.5, 0.6) is 0 Å². The molecule has 0 saturated heterocycles. The standard InChI is InChI=1S/C13H17ClN2O2/c1-9-5-10(2)7-11(6-9)16-12(17)3-4-15-13(18)8-14/h5-7H,3-4,8H2,1-2H3,(H,15,18)(H,16,17). The number of carbonyl (C=O) groups is 2. The lowest BCUT2D eigenvalue weighted by Gasteiger charge is -2.08. The van der Waals surface area contributed by atoms with Crippen molar-refractivity contribution in [3.63, 3.8) is 0 Å². The van der Waals surface area contributed by atoms with Crippen LogP contribution in [0.25, 0.3) is 0 Å². The number of halogens is 1. The monoisotopic (exact) mass is 268 g/mol. The molecule has 1 rings (SSSR count). The molecule has 0 aliphatic rings. The number of hydrogen-bond acceptors (Lipinski definition) is 2. The Morgan fingerprint density at radius 3 is 2.28 bits per heavy atom. The fourth-order valence-electron chi connectivity index (χ4n) is 1.63. The van der Waals surface area contributed by atoms with Crippen molar-refractivity contribution in [3.05, 3.63) is 29.3 Å². The van der Waals surface area contributed by atoms with Crippen LogP contribution < -0.4 is 10.6 Å². The quantitative estimate of drug-likeness (QED) is 0.803. The molecular weight excluding hydrogens is 252 g/mol. The van der Waals surface area contributed by atoms with E-state index in [2.05, 4.69) is 10.6 Å². The van der Waals surface area contributed by atoms with Crippen LogP contribution in [0.2, 0.25) is 0 Å². The van der Waals surface area contributed by atoms with Gasteiger partial charge >= 0.3 is 0 Å². The molecule has 4 nitrogen and oxygen atoms in total. The molecule has 2 N–H and O–H groups in total. The maximum absolute atomic E-state index is 11.6. The topological polar surface area (TPSA) is 58.2 Å². The van der Waals surface area contributed by atoms with Crippen LogP contribution in [0.4, 0.5) is 5.69 Å². The van der Waals surface area contributed by atoms with Gasteiger partial charge in [-0.15, -0.1) is 11.6 Å². The number of rotatable bonds is 5. The van der Waals surface area contributed by atoms with Crippen LogP contribution in [0, 0.1) is 13.8 Å². The Kier molecular flexibility index (Phi) is 5.65. The molecule has 18 heavy (non-hydrogen) atoms. The van der Waals surface area contributed by atoms with Gasteiger partial charge in [0.25, 0.3) is 0 Å². The second-order valence-corrected chi connectivity index (χ2v) is 4.43. The first-order valence-electron chi connectivity index (χ1n) is 5.72. The fraction of sp³-hybridized carbons (Fsp3) is 0.385. The van der Waals surface area contributed by atoms with Crippen molar-refractivity contribution >= 4 is 29.1 Å². The number of aryl methyl sites for hydroxylation is 2. The zero-order valence-electron chi connectivity index (χ0n) is 10.5. The minimum atomic E-state index is -0.268. The summed E-state index contributed by atoms with van der Waals surface area (Å²) in [5.41, 5.74) is 2.97. The summed E-state index contributed by atoms with van der Waals surface area (Å²) in [5.74, 6) is -0.482. The van der Waals surface area contributed by atoms with E-state index in [1.807, 2.05) is 32.0 Å². The normalized spacial score (nSPS) is 9.94. The Morgan fingerprint density at radius 2 is 1.72 bits per heavy atom. The first-order chi connectivity index (χ1) is 8.51. The number of anilines is 1. The van der Waals surface area contributed by atoms with Gasteiger partial charge in [0.05, 0.1) is 0 Å². The number of alkyl halides is 1. The molecule has 1 aromatic rings. The lowest BCUT2D eigenvalue weighted by atomic mass is 10.1. The molecule has 2 amide bonds. The lowest BCUT2D eigenvalue weighted by Crippen LogP contribution is -2.28. The van der Waals surface area contributed by atoms with E-state index in [1.54, 1.807) is 0 Å². The predicted octanol–water partition coefficient (Wildman–Crippen LogP) is 1.99. The molecule has 0 unspecified atom stereocenters. The maximum Gasteiger partial charge on any atom is 0.234 e. The number of benzene rings is 1. The number of amides is 2. The molecule has 0 aliphatic heterocycles. The fourth-order valence-corrected chi connectivity index (χ4v) is 1.73. The summed E-state index contributed by atoms with van der Waals surface area (Å²) in [6, 6.07) is 5.85. The third kappa shape index (κ3) is 5.19. The minimum absolute atomic E-state index is 0.0846. The summed E-state index contributed by atoms with van der Waals surface area (Å²) in [6.07, 6.45) is 0.232. The van der Waals surface area contributed by atoms with Crippen LogP contribution in [0.15, 0.2) is 18.2 Å². The van der Waals surface area contributed by atoms with Crippen LogP contribution in [0.3, 0.4) is 0 Å². The van der Waals surface area contributed by atoms with E-state index in [0.29, 0.717) is 6.54 Å². The molecule has 0 heterocycles. The van der Waals surface area contributed by atoms with E-state index < -0.39 is 0 Å². The molecule has 0 aliphatic carbocycles. The van der Waals surface area contributed by atoms with Crippen molar-refractivity contribution in [1.82, 2.24) is 5.32 Å². The maximum atomic E-state index is 11.6. The zero-order chi connectivity index (χ0) is 13.5. The third-order valence-corrected chi connectivity index (χ3v) is 2.54. The lowest BCUT2D eigenvalue weighted by molar-refractivity contribution is -0.119. The smallest absolute Gasteiger partial charge is 0.234 e. The van der Waals surface area contributed by atoms with Gasteiger partial charge in [0.1, 0.15) is 5.88 Å². The van der Waals surface area contributed by atoms with Crippen LogP contribution >= 0.6 is 11.6 Å². The van der Waals surface area contributed by atoms with Crippen molar-refractivity contribution < 1.29 is 9.59 Å². The summed E-state index contributed by atoms with van der Waals surface area (Å²) >= 11 is 5.32. The number of hydrogen-bond donors (Lipinski definition) is 2. The Morgan fingerprint density at radius 1 is 1.11 bits per heavy atom. The van der Waals surface area contributed by atoms with Crippen molar-refractivity contribution in [3.8, 4) is 0 Å². The van der Waals surface area contributed by atoms with E-state index >= 15 is 0 Å². The highest BCUT2D eigenvalue weighted by Crippen LogP contribution is 2.13.